The molecule has 2 heterocycles. The van der Waals surface area contributed by atoms with Gasteiger partial charge in [0.15, 0.2) is 5.13 Å². The summed E-state index contributed by atoms with van der Waals surface area (Å²) in [5.74, 6) is 0.940. The molecule has 4 rings (SSSR count). The second kappa shape index (κ2) is 7.50. The molecule has 1 amide bonds. The van der Waals surface area contributed by atoms with Crippen LogP contribution in [-0.4, -0.2) is 40.2 Å². The number of hydrogen-bond acceptors (Lipinski definition) is 7. The van der Waals surface area contributed by atoms with Gasteiger partial charge in [0.05, 0.1) is 22.4 Å². The smallest absolute Gasteiger partial charge is 0.269 e. The molecule has 0 bridgehead atoms. The first-order valence-corrected chi connectivity index (χ1v) is 9.65. The van der Waals surface area contributed by atoms with Gasteiger partial charge < -0.3 is 20.5 Å². The molecule has 0 aliphatic heterocycles. The van der Waals surface area contributed by atoms with Gasteiger partial charge in [0, 0.05) is 25.4 Å². The molecule has 1 saturated carbocycles. The molecule has 1 fully saturated rings. The number of hydrogen-bond donors (Lipinski definition) is 3. The lowest BCUT2D eigenvalue weighted by atomic mass is 10.2. The van der Waals surface area contributed by atoms with Crippen LogP contribution in [0, 0.1) is 0 Å². The van der Waals surface area contributed by atoms with E-state index in [9.17, 15) is 9.90 Å². The topological polar surface area (TPSA) is 96.4 Å². The Balaban J connectivity index is 1.52. The number of amides is 1. The van der Waals surface area contributed by atoms with E-state index in [0.717, 1.165) is 34.6 Å². The largest absolute Gasteiger partial charge is 0.457 e. The molecule has 140 valence electrons. The van der Waals surface area contributed by atoms with Crippen LogP contribution in [0.4, 0.5) is 5.13 Å². The molecule has 0 unspecified atom stereocenters. The zero-order chi connectivity index (χ0) is 18.8. The second-order valence-electron chi connectivity index (χ2n) is 6.46. The Morgan fingerprint density at radius 1 is 1.26 bits per heavy atom. The molecule has 27 heavy (non-hydrogen) atoms. The average molecular weight is 384 g/mol. The van der Waals surface area contributed by atoms with E-state index in [2.05, 4.69) is 20.6 Å². The molecule has 2 atom stereocenters. The van der Waals surface area contributed by atoms with Crippen LogP contribution in [0.1, 0.15) is 29.8 Å². The van der Waals surface area contributed by atoms with Gasteiger partial charge >= 0.3 is 0 Å². The fourth-order valence-corrected chi connectivity index (χ4v) is 4.12. The molecular weight excluding hydrogens is 364 g/mol. The maximum atomic E-state index is 11.7. The van der Waals surface area contributed by atoms with E-state index in [-0.39, 0.29) is 18.1 Å². The van der Waals surface area contributed by atoms with Crippen molar-refractivity contribution in [3.63, 3.8) is 0 Å². The normalized spacial score (nSPS) is 19.2. The monoisotopic (exact) mass is 384 g/mol. The Morgan fingerprint density at radius 2 is 2.11 bits per heavy atom. The summed E-state index contributed by atoms with van der Waals surface area (Å²) in [6, 6.07) is 9.04. The van der Waals surface area contributed by atoms with E-state index in [1.807, 2.05) is 18.2 Å². The number of thiazole rings is 1. The average Bonchev–Trinajstić information content (AvgIpc) is 3.26. The highest BCUT2D eigenvalue weighted by Gasteiger charge is 2.25. The number of benzene rings is 1. The number of ether oxygens (including phenoxy) is 1. The Hall–Kier alpha value is -2.71. The predicted molar refractivity (Wildman–Crippen MR) is 105 cm³/mol. The lowest BCUT2D eigenvalue weighted by molar-refractivity contribution is 0.0958. The Bertz CT molecular complexity index is 974. The molecular formula is C19H20N4O3S. The van der Waals surface area contributed by atoms with Gasteiger partial charge in [-0.25, -0.2) is 4.98 Å². The molecule has 0 saturated heterocycles. The molecule has 2 aromatic heterocycles. The number of nitrogens with one attached hydrogen (secondary N) is 2. The minimum absolute atomic E-state index is 0.0706. The maximum absolute atomic E-state index is 11.7. The highest BCUT2D eigenvalue weighted by Crippen LogP contribution is 2.33. The van der Waals surface area contributed by atoms with Gasteiger partial charge in [0.1, 0.15) is 17.2 Å². The first kappa shape index (κ1) is 17.7. The van der Waals surface area contributed by atoms with Crippen molar-refractivity contribution in [3.8, 4) is 11.5 Å². The van der Waals surface area contributed by atoms with Crippen LogP contribution >= 0.6 is 11.3 Å². The first-order chi connectivity index (χ1) is 13.1. The maximum Gasteiger partial charge on any atom is 0.269 e. The van der Waals surface area contributed by atoms with Crippen molar-refractivity contribution in [3.05, 3.63) is 42.2 Å². The minimum Gasteiger partial charge on any atom is -0.457 e. The number of aromatic nitrogens is 2. The summed E-state index contributed by atoms with van der Waals surface area (Å²) in [7, 11) is 1.56. The molecule has 1 aliphatic carbocycles. The Kier molecular flexibility index (Phi) is 4.91. The highest BCUT2D eigenvalue weighted by molar-refractivity contribution is 7.22. The highest BCUT2D eigenvalue weighted by atomic mass is 32.1. The second-order valence-corrected chi connectivity index (χ2v) is 7.49. The van der Waals surface area contributed by atoms with Crippen LogP contribution in [0.15, 0.2) is 36.5 Å². The van der Waals surface area contributed by atoms with Crippen LogP contribution in [0.3, 0.4) is 0 Å². The third-order valence-corrected chi connectivity index (χ3v) is 5.52. The van der Waals surface area contributed by atoms with E-state index in [1.165, 1.54) is 11.3 Å². The van der Waals surface area contributed by atoms with Gasteiger partial charge in [-0.1, -0.05) is 11.3 Å². The number of fused-ring (bicyclic) bond motifs is 1. The fourth-order valence-electron chi connectivity index (χ4n) is 3.16. The number of nitrogens with zero attached hydrogens (tertiary/aromatic N) is 2. The van der Waals surface area contributed by atoms with Gasteiger partial charge in [0.2, 0.25) is 0 Å². The molecule has 3 N–H and O–H groups in total. The zero-order valence-electron chi connectivity index (χ0n) is 14.8. The van der Waals surface area contributed by atoms with Crippen molar-refractivity contribution in [2.24, 2.45) is 0 Å². The number of rotatable bonds is 5. The van der Waals surface area contributed by atoms with Crippen molar-refractivity contribution in [2.45, 2.75) is 31.4 Å². The SMILES string of the molecule is CNC(=O)c1cc(Oc2ccc3nc(N[C@H]4CCC[C@@H]4O)sc3c2)ccn1. The molecule has 0 spiro atoms. The molecule has 1 aliphatic rings. The lowest BCUT2D eigenvalue weighted by Crippen LogP contribution is -2.27. The molecule has 1 aromatic carbocycles. The van der Waals surface area contributed by atoms with Crippen LogP contribution in [0.5, 0.6) is 11.5 Å². The Morgan fingerprint density at radius 3 is 2.89 bits per heavy atom. The first-order valence-electron chi connectivity index (χ1n) is 8.83. The summed E-state index contributed by atoms with van der Waals surface area (Å²) < 4.78 is 6.87. The predicted octanol–water partition coefficient (Wildman–Crippen LogP) is 3.17. The van der Waals surface area contributed by atoms with Crippen LogP contribution in [0.2, 0.25) is 0 Å². The van der Waals surface area contributed by atoms with Crippen molar-refractivity contribution >= 4 is 32.6 Å². The van der Waals surface area contributed by atoms with E-state index in [1.54, 1.807) is 25.4 Å². The number of aliphatic hydroxyl groups excluding tert-OH is 1. The van der Waals surface area contributed by atoms with E-state index < -0.39 is 0 Å². The van der Waals surface area contributed by atoms with Crippen molar-refractivity contribution in [1.29, 1.82) is 0 Å². The van der Waals surface area contributed by atoms with Crippen LogP contribution in [0.25, 0.3) is 10.2 Å². The van der Waals surface area contributed by atoms with E-state index in [4.69, 9.17) is 4.74 Å². The summed E-state index contributed by atoms with van der Waals surface area (Å²) in [5.41, 5.74) is 1.18. The van der Waals surface area contributed by atoms with Gasteiger partial charge in [0.25, 0.3) is 5.91 Å². The van der Waals surface area contributed by atoms with Gasteiger partial charge in [-0.2, -0.15) is 0 Å². The summed E-state index contributed by atoms with van der Waals surface area (Å²) in [4.78, 5) is 20.3. The number of carbonyl (C=O) groups is 1. The Labute approximate surface area is 160 Å². The molecule has 0 radical (unpaired) electrons. The summed E-state index contributed by atoms with van der Waals surface area (Å²) in [5, 5.41) is 16.7. The third-order valence-electron chi connectivity index (χ3n) is 4.58. The quantitative estimate of drug-likeness (QED) is 0.625. The van der Waals surface area contributed by atoms with Crippen molar-refractivity contribution in [2.75, 3.05) is 12.4 Å². The summed E-state index contributed by atoms with van der Waals surface area (Å²) in [6.45, 7) is 0. The van der Waals surface area contributed by atoms with E-state index >= 15 is 0 Å². The summed E-state index contributed by atoms with van der Waals surface area (Å²) in [6.07, 6.45) is 4.06. The zero-order valence-corrected chi connectivity index (χ0v) is 15.6. The van der Waals surface area contributed by atoms with Crippen LogP contribution in [-0.2, 0) is 0 Å². The lowest BCUT2D eigenvalue weighted by Gasteiger charge is -2.14. The number of pyridine rings is 1. The summed E-state index contributed by atoms with van der Waals surface area (Å²) >= 11 is 1.53. The van der Waals surface area contributed by atoms with Crippen molar-refractivity contribution in [1.82, 2.24) is 15.3 Å². The fraction of sp³-hybridized carbons (Fsp3) is 0.316. The van der Waals surface area contributed by atoms with Crippen molar-refractivity contribution < 1.29 is 14.6 Å². The van der Waals surface area contributed by atoms with E-state index in [0.29, 0.717) is 17.2 Å². The van der Waals surface area contributed by atoms with Gasteiger partial charge in [-0.05, 0) is 37.5 Å². The molecule has 7 nitrogen and oxygen atoms in total. The van der Waals surface area contributed by atoms with Gasteiger partial charge in [-0.15, -0.1) is 0 Å². The number of carbonyl (C=O) groups excluding carboxylic acids is 1. The standard InChI is InChI=1S/C19H20N4O3S/c1-20-18(25)15-9-12(7-8-21-15)26-11-5-6-14-17(10-11)27-19(23-14)22-13-3-2-4-16(13)24/h5-10,13,16,24H,2-4H2,1H3,(H,20,25)(H,22,23)/t13-,16-/m0/s1. The number of aliphatic hydroxyl groups is 1. The van der Waals surface area contributed by atoms with Crippen LogP contribution < -0.4 is 15.4 Å². The van der Waals surface area contributed by atoms with Gasteiger partial charge in [-0.3, -0.25) is 9.78 Å². The number of anilines is 1. The molecule has 8 heteroatoms. The molecule has 3 aromatic rings. The minimum atomic E-state index is -0.308. The third kappa shape index (κ3) is 3.86.